The average molecular weight is 465 g/mol. The normalized spacial score (nSPS) is 22.4. The lowest BCUT2D eigenvalue weighted by Crippen LogP contribution is -2.64. The molecule has 178 valence electrons. The van der Waals surface area contributed by atoms with Crippen LogP contribution in [0.25, 0.3) is 11.1 Å². The van der Waals surface area contributed by atoms with Crippen molar-refractivity contribution in [3.05, 3.63) is 59.7 Å². The summed E-state index contributed by atoms with van der Waals surface area (Å²) in [7, 11) is 0. The predicted molar refractivity (Wildman–Crippen MR) is 123 cm³/mol. The summed E-state index contributed by atoms with van der Waals surface area (Å²) in [4.78, 5) is 38.7. The van der Waals surface area contributed by atoms with Crippen LogP contribution in [0.1, 0.15) is 30.4 Å². The Labute approximate surface area is 197 Å². The van der Waals surface area contributed by atoms with E-state index in [4.69, 9.17) is 9.47 Å². The molecule has 2 saturated heterocycles. The quantitative estimate of drug-likeness (QED) is 0.681. The molecular weight excluding hydrogens is 436 g/mol. The van der Waals surface area contributed by atoms with E-state index in [-0.39, 0.29) is 44.7 Å². The van der Waals surface area contributed by atoms with Gasteiger partial charge in [-0.25, -0.2) is 4.79 Å². The molecule has 0 spiro atoms. The van der Waals surface area contributed by atoms with Crippen molar-refractivity contribution < 1.29 is 29.0 Å². The van der Waals surface area contributed by atoms with E-state index in [2.05, 4.69) is 29.6 Å². The Morgan fingerprint density at radius 3 is 2.26 bits per heavy atom. The molecule has 2 atom stereocenters. The average Bonchev–Trinajstić information content (AvgIpc) is 3.39. The minimum absolute atomic E-state index is 0.0466. The molecular formula is C26H28N2O6. The second-order valence-corrected chi connectivity index (χ2v) is 9.35. The van der Waals surface area contributed by atoms with Gasteiger partial charge in [-0.3, -0.25) is 9.59 Å². The Morgan fingerprint density at radius 2 is 1.68 bits per heavy atom. The van der Waals surface area contributed by atoms with Crippen molar-refractivity contribution in [1.82, 2.24) is 10.2 Å². The number of rotatable bonds is 6. The monoisotopic (exact) mass is 464 g/mol. The second kappa shape index (κ2) is 8.76. The van der Waals surface area contributed by atoms with Crippen molar-refractivity contribution in [3.8, 4) is 11.1 Å². The molecule has 0 radical (unpaired) electrons. The number of carboxylic acid groups (broad SMARTS) is 1. The second-order valence-electron chi connectivity index (χ2n) is 9.35. The lowest BCUT2D eigenvalue weighted by atomic mass is 9.76. The number of likely N-dealkylation sites (tertiary alicyclic amines) is 1. The molecule has 2 N–H and O–H groups in total. The van der Waals surface area contributed by atoms with Crippen LogP contribution in [-0.2, 0) is 19.1 Å². The van der Waals surface area contributed by atoms with Gasteiger partial charge in [0.15, 0.2) is 0 Å². The Hall–Kier alpha value is -3.39. The van der Waals surface area contributed by atoms with E-state index < -0.39 is 29.4 Å². The van der Waals surface area contributed by atoms with Crippen molar-refractivity contribution in [2.75, 3.05) is 32.9 Å². The van der Waals surface area contributed by atoms with Gasteiger partial charge in [0.25, 0.3) is 0 Å². The molecule has 0 aromatic heterocycles. The van der Waals surface area contributed by atoms with Gasteiger partial charge in [-0.1, -0.05) is 55.5 Å². The molecule has 0 bridgehead atoms. The first-order valence-corrected chi connectivity index (χ1v) is 11.6. The van der Waals surface area contributed by atoms with E-state index >= 15 is 0 Å². The number of carbonyl (C=O) groups is 3. The van der Waals surface area contributed by atoms with Gasteiger partial charge in [-0.15, -0.1) is 0 Å². The third kappa shape index (κ3) is 3.72. The third-order valence-corrected chi connectivity index (χ3v) is 7.47. The highest BCUT2D eigenvalue weighted by Crippen LogP contribution is 2.44. The molecule has 2 aromatic carbocycles. The van der Waals surface area contributed by atoms with E-state index in [0.717, 1.165) is 22.3 Å². The molecule has 5 rings (SSSR count). The van der Waals surface area contributed by atoms with Gasteiger partial charge >= 0.3 is 12.1 Å². The van der Waals surface area contributed by atoms with Gasteiger partial charge < -0.3 is 24.8 Å². The topological polar surface area (TPSA) is 105 Å². The van der Waals surface area contributed by atoms with Gasteiger partial charge in [0.2, 0.25) is 5.91 Å². The molecule has 2 unspecified atom stereocenters. The highest BCUT2D eigenvalue weighted by molar-refractivity contribution is 5.86. The summed E-state index contributed by atoms with van der Waals surface area (Å²) < 4.78 is 11.1. The summed E-state index contributed by atoms with van der Waals surface area (Å²) in [5, 5.41) is 12.2. The fourth-order valence-corrected chi connectivity index (χ4v) is 5.32. The maximum atomic E-state index is 12.9. The Morgan fingerprint density at radius 1 is 1.06 bits per heavy atom. The Balaban J connectivity index is 1.19. The maximum Gasteiger partial charge on any atom is 0.407 e. The molecule has 2 heterocycles. The summed E-state index contributed by atoms with van der Waals surface area (Å²) in [6.45, 7) is 2.78. The van der Waals surface area contributed by atoms with Gasteiger partial charge in [0, 0.05) is 19.0 Å². The highest BCUT2D eigenvalue weighted by Gasteiger charge is 2.52. The lowest BCUT2D eigenvalue weighted by molar-refractivity contribution is -0.168. The SMILES string of the molecule is CCC1(C(=O)O)CN(C(=O)C2COCC2NC(=O)OCC2c3ccccc3-c3ccccc32)C1. The van der Waals surface area contributed by atoms with Crippen LogP contribution in [0.2, 0.25) is 0 Å². The molecule has 2 amide bonds. The van der Waals surface area contributed by atoms with E-state index in [9.17, 15) is 19.5 Å². The smallest absolute Gasteiger partial charge is 0.407 e. The summed E-state index contributed by atoms with van der Waals surface area (Å²) in [5.74, 6) is -1.67. The molecule has 8 nitrogen and oxygen atoms in total. The van der Waals surface area contributed by atoms with E-state index in [0.29, 0.717) is 6.42 Å². The first-order valence-electron chi connectivity index (χ1n) is 11.6. The molecule has 3 aliphatic rings. The van der Waals surface area contributed by atoms with Gasteiger partial charge in [-0.2, -0.15) is 0 Å². The van der Waals surface area contributed by atoms with Crippen LogP contribution in [0.5, 0.6) is 0 Å². The van der Waals surface area contributed by atoms with Crippen molar-refractivity contribution in [2.45, 2.75) is 25.3 Å². The molecule has 0 saturated carbocycles. The van der Waals surface area contributed by atoms with Gasteiger partial charge in [-0.05, 0) is 28.7 Å². The summed E-state index contributed by atoms with van der Waals surface area (Å²) >= 11 is 0. The van der Waals surface area contributed by atoms with Gasteiger partial charge in [0.05, 0.1) is 25.2 Å². The number of amides is 2. The Kier molecular flexibility index (Phi) is 5.77. The van der Waals surface area contributed by atoms with Crippen molar-refractivity contribution in [1.29, 1.82) is 0 Å². The fourth-order valence-electron chi connectivity index (χ4n) is 5.32. The Bertz CT molecular complexity index is 1080. The maximum absolute atomic E-state index is 12.9. The van der Waals surface area contributed by atoms with Crippen molar-refractivity contribution >= 4 is 18.0 Å². The minimum atomic E-state index is -0.880. The van der Waals surface area contributed by atoms with Crippen LogP contribution in [0.15, 0.2) is 48.5 Å². The molecule has 2 fully saturated rings. The zero-order chi connectivity index (χ0) is 23.9. The predicted octanol–water partition coefficient (Wildman–Crippen LogP) is 2.86. The van der Waals surface area contributed by atoms with Crippen molar-refractivity contribution in [3.63, 3.8) is 0 Å². The zero-order valence-corrected chi connectivity index (χ0v) is 19.0. The molecule has 34 heavy (non-hydrogen) atoms. The number of fused-ring (bicyclic) bond motifs is 3. The summed E-state index contributed by atoms with van der Waals surface area (Å²) in [6.07, 6.45) is -0.124. The molecule has 8 heteroatoms. The number of carboxylic acids is 1. The lowest BCUT2D eigenvalue weighted by Gasteiger charge is -2.47. The fraction of sp³-hybridized carbons (Fsp3) is 0.423. The number of hydrogen-bond donors (Lipinski definition) is 2. The van der Waals surface area contributed by atoms with E-state index in [1.165, 1.54) is 0 Å². The number of benzene rings is 2. The number of nitrogens with one attached hydrogen (secondary N) is 1. The van der Waals surface area contributed by atoms with Gasteiger partial charge in [0.1, 0.15) is 12.0 Å². The number of alkyl carbamates (subject to hydrolysis) is 1. The van der Waals surface area contributed by atoms with Crippen LogP contribution >= 0.6 is 0 Å². The van der Waals surface area contributed by atoms with Crippen molar-refractivity contribution in [2.24, 2.45) is 11.3 Å². The molecule has 1 aliphatic carbocycles. The zero-order valence-electron chi connectivity index (χ0n) is 19.0. The largest absolute Gasteiger partial charge is 0.481 e. The molecule has 2 aliphatic heterocycles. The van der Waals surface area contributed by atoms with Crippen LogP contribution < -0.4 is 5.32 Å². The number of nitrogens with zero attached hydrogens (tertiary/aromatic N) is 1. The van der Waals surface area contributed by atoms with Crippen LogP contribution in [0.4, 0.5) is 4.79 Å². The van der Waals surface area contributed by atoms with Crippen LogP contribution in [0.3, 0.4) is 0 Å². The minimum Gasteiger partial charge on any atom is -0.481 e. The number of aliphatic carboxylic acids is 1. The number of ether oxygens (including phenoxy) is 2. The number of carbonyl (C=O) groups excluding carboxylic acids is 2. The van der Waals surface area contributed by atoms with E-state index in [1.54, 1.807) is 4.90 Å². The van der Waals surface area contributed by atoms with E-state index in [1.807, 2.05) is 31.2 Å². The number of hydrogen-bond acceptors (Lipinski definition) is 5. The highest BCUT2D eigenvalue weighted by atomic mass is 16.5. The third-order valence-electron chi connectivity index (χ3n) is 7.47. The first-order chi connectivity index (χ1) is 16.4. The summed E-state index contributed by atoms with van der Waals surface area (Å²) in [5.41, 5.74) is 3.70. The van der Waals surface area contributed by atoms with Crippen LogP contribution in [0, 0.1) is 11.3 Å². The summed E-state index contributed by atoms with van der Waals surface area (Å²) in [6, 6.07) is 15.7. The first kappa shape index (κ1) is 22.4. The van der Waals surface area contributed by atoms with Crippen LogP contribution in [-0.4, -0.2) is 66.9 Å². The molecule has 2 aromatic rings. The standard InChI is InChI=1S/C26H28N2O6/c1-2-26(24(30)31)14-28(15-26)23(29)21-11-33-13-22(21)27-25(32)34-12-20-18-9-5-3-7-16(18)17-8-4-6-10-19(17)20/h3-10,20-22H,2,11-15H2,1H3,(H,27,32)(H,30,31).